The molecule has 0 saturated carbocycles. The molecule has 24 heavy (non-hydrogen) atoms. The second-order valence-electron chi connectivity index (χ2n) is 6.71. The van der Waals surface area contributed by atoms with Crippen LogP contribution in [0.1, 0.15) is 24.0 Å². The molecule has 2 fully saturated rings. The maximum atomic E-state index is 12.7. The molecule has 0 unspecified atom stereocenters. The van der Waals surface area contributed by atoms with Crippen molar-refractivity contribution in [3.63, 3.8) is 0 Å². The number of benzene rings is 1. The first kappa shape index (κ1) is 16.5. The highest BCUT2D eigenvalue weighted by Gasteiger charge is 2.42. The number of aryl methyl sites for hydroxylation is 2. The predicted molar refractivity (Wildman–Crippen MR) is 88.7 cm³/mol. The van der Waals surface area contributed by atoms with E-state index in [1.54, 1.807) is 4.90 Å². The largest absolute Gasteiger partial charge is 0.481 e. The van der Waals surface area contributed by atoms with Gasteiger partial charge in [-0.3, -0.25) is 14.4 Å². The molecule has 6 heteroatoms. The minimum absolute atomic E-state index is 0.179. The molecule has 2 heterocycles. The lowest BCUT2D eigenvalue weighted by molar-refractivity contribution is -0.142. The van der Waals surface area contributed by atoms with Crippen LogP contribution in [0.15, 0.2) is 18.2 Å². The van der Waals surface area contributed by atoms with E-state index in [9.17, 15) is 14.4 Å². The molecule has 6 nitrogen and oxygen atoms in total. The van der Waals surface area contributed by atoms with E-state index in [0.717, 1.165) is 16.8 Å². The van der Waals surface area contributed by atoms with Crippen LogP contribution in [0.2, 0.25) is 0 Å². The van der Waals surface area contributed by atoms with E-state index in [4.69, 9.17) is 5.11 Å². The van der Waals surface area contributed by atoms with Gasteiger partial charge in [-0.1, -0.05) is 6.07 Å². The Morgan fingerprint density at radius 1 is 1.12 bits per heavy atom. The Morgan fingerprint density at radius 3 is 2.50 bits per heavy atom. The van der Waals surface area contributed by atoms with Crippen molar-refractivity contribution in [3.05, 3.63) is 29.3 Å². The van der Waals surface area contributed by atoms with Crippen LogP contribution in [0.4, 0.5) is 5.69 Å². The first-order valence-electron chi connectivity index (χ1n) is 8.28. The number of carbonyl (C=O) groups is 3. The van der Waals surface area contributed by atoms with Crippen molar-refractivity contribution in [2.75, 3.05) is 24.5 Å². The summed E-state index contributed by atoms with van der Waals surface area (Å²) < 4.78 is 0. The summed E-state index contributed by atoms with van der Waals surface area (Å²) in [5, 5.41) is 9.06. The highest BCUT2D eigenvalue weighted by Crippen LogP contribution is 2.29. The third-order valence-electron chi connectivity index (χ3n) is 5.15. The number of likely N-dealkylation sites (tertiary alicyclic amines) is 1. The van der Waals surface area contributed by atoms with E-state index >= 15 is 0 Å². The molecular weight excluding hydrogens is 308 g/mol. The van der Waals surface area contributed by atoms with Crippen LogP contribution < -0.4 is 4.90 Å². The molecule has 2 amide bonds. The lowest BCUT2D eigenvalue weighted by Gasteiger charge is -2.21. The van der Waals surface area contributed by atoms with Crippen LogP contribution in [0.3, 0.4) is 0 Å². The standard InChI is InChI=1S/C18H22N2O4/c1-11-3-4-14(9-12(11)2)20-8-6-15(17(20)22)16(21)19-7-5-13(10-19)18(23)24/h3-4,9,13,15H,5-8,10H2,1-2H3,(H,23,24)/t13-,15-/m0/s1. The summed E-state index contributed by atoms with van der Waals surface area (Å²) in [5.41, 5.74) is 3.09. The van der Waals surface area contributed by atoms with Gasteiger partial charge < -0.3 is 14.9 Å². The molecule has 1 aromatic rings. The molecule has 0 spiro atoms. The van der Waals surface area contributed by atoms with Gasteiger partial charge in [0.05, 0.1) is 5.92 Å². The van der Waals surface area contributed by atoms with Crippen molar-refractivity contribution < 1.29 is 19.5 Å². The number of aliphatic carboxylic acids is 1. The Hall–Kier alpha value is -2.37. The van der Waals surface area contributed by atoms with Crippen LogP contribution in [-0.2, 0) is 14.4 Å². The molecule has 0 aliphatic carbocycles. The number of carboxylic acid groups (broad SMARTS) is 1. The molecule has 1 aromatic carbocycles. The lowest BCUT2D eigenvalue weighted by atomic mass is 10.1. The third-order valence-corrected chi connectivity index (χ3v) is 5.15. The summed E-state index contributed by atoms with van der Waals surface area (Å²) in [4.78, 5) is 39.5. The van der Waals surface area contributed by atoms with Gasteiger partial charge in [0.25, 0.3) is 0 Å². The highest BCUT2D eigenvalue weighted by molar-refractivity contribution is 6.09. The number of carboxylic acids is 1. The monoisotopic (exact) mass is 330 g/mol. The van der Waals surface area contributed by atoms with E-state index in [0.29, 0.717) is 25.9 Å². The summed E-state index contributed by atoms with van der Waals surface area (Å²) in [5.74, 6) is -2.47. The van der Waals surface area contributed by atoms with Gasteiger partial charge in [0.2, 0.25) is 11.8 Å². The zero-order valence-corrected chi connectivity index (χ0v) is 14.0. The summed E-state index contributed by atoms with van der Waals surface area (Å²) in [6.07, 6.45) is 0.946. The lowest BCUT2D eigenvalue weighted by Crippen LogP contribution is -2.39. The molecule has 0 aromatic heterocycles. The van der Waals surface area contributed by atoms with Gasteiger partial charge in [-0.15, -0.1) is 0 Å². The number of anilines is 1. The first-order valence-corrected chi connectivity index (χ1v) is 8.28. The van der Waals surface area contributed by atoms with Crippen LogP contribution in [-0.4, -0.2) is 47.4 Å². The average Bonchev–Trinajstić information content (AvgIpc) is 3.16. The van der Waals surface area contributed by atoms with E-state index in [2.05, 4.69) is 0 Å². The Morgan fingerprint density at radius 2 is 1.88 bits per heavy atom. The maximum absolute atomic E-state index is 12.7. The van der Waals surface area contributed by atoms with Gasteiger partial charge in [0.15, 0.2) is 0 Å². The molecular formula is C18H22N2O4. The second-order valence-corrected chi connectivity index (χ2v) is 6.71. The Bertz CT molecular complexity index is 700. The van der Waals surface area contributed by atoms with Crippen molar-refractivity contribution in [2.45, 2.75) is 26.7 Å². The van der Waals surface area contributed by atoms with E-state index in [-0.39, 0.29) is 18.4 Å². The van der Waals surface area contributed by atoms with Crippen molar-refractivity contribution >= 4 is 23.5 Å². The fourth-order valence-corrected chi connectivity index (χ4v) is 3.44. The van der Waals surface area contributed by atoms with Crippen LogP contribution >= 0.6 is 0 Å². The van der Waals surface area contributed by atoms with Crippen molar-refractivity contribution in [1.82, 2.24) is 4.90 Å². The highest BCUT2D eigenvalue weighted by atomic mass is 16.4. The van der Waals surface area contributed by atoms with Gasteiger partial charge in [-0.05, 0) is 49.9 Å². The minimum Gasteiger partial charge on any atom is -0.481 e. The van der Waals surface area contributed by atoms with Crippen LogP contribution in [0.25, 0.3) is 0 Å². The normalized spacial score (nSPS) is 23.8. The zero-order valence-electron chi connectivity index (χ0n) is 14.0. The first-order chi connectivity index (χ1) is 11.4. The number of hydrogen-bond acceptors (Lipinski definition) is 3. The molecule has 3 rings (SSSR count). The van der Waals surface area contributed by atoms with Gasteiger partial charge >= 0.3 is 5.97 Å². The van der Waals surface area contributed by atoms with Gasteiger partial charge in [-0.25, -0.2) is 0 Å². The van der Waals surface area contributed by atoms with Crippen molar-refractivity contribution in [1.29, 1.82) is 0 Å². The van der Waals surface area contributed by atoms with Gasteiger partial charge in [0.1, 0.15) is 5.92 Å². The SMILES string of the molecule is Cc1ccc(N2CC[C@@H](C(=O)N3CC[C@H](C(=O)O)C3)C2=O)cc1C. The van der Waals surface area contributed by atoms with Crippen LogP contribution in [0, 0.1) is 25.7 Å². The molecule has 2 aliphatic heterocycles. The summed E-state index contributed by atoms with van der Waals surface area (Å²) in [6.45, 7) is 5.17. The predicted octanol–water partition coefficient (Wildman–Crippen LogP) is 1.59. The topological polar surface area (TPSA) is 77.9 Å². The smallest absolute Gasteiger partial charge is 0.308 e. The summed E-state index contributed by atoms with van der Waals surface area (Å²) >= 11 is 0. The Kier molecular flexibility index (Phi) is 4.30. The number of hydrogen-bond donors (Lipinski definition) is 1. The Balaban J connectivity index is 1.71. The van der Waals surface area contributed by atoms with E-state index in [1.807, 2.05) is 32.0 Å². The minimum atomic E-state index is -0.875. The molecule has 2 aliphatic rings. The molecule has 2 atom stereocenters. The quantitative estimate of drug-likeness (QED) is 0.854. The number of amides is 2. The molecule has 0 radical (unpaired) electrons. The molecule has 0 bridgehead atoms. The van der Waals surface area contributed by atoms with Gasteiger partial charge in [-0.2, -0.15) is 0 Å². The average molecular weight is 330 g/mol. The van der Waals surface area contributed by atoms with E-state index < -0.39 is 17.8 Å². The Labute approximate surface area is 141 Å². The maximum Gasteiger partial charge on any atom is 0.308 e. The van der Waals surface area contributed by atoms with Crippen molar-refractivity contribution in [3.8, 4) is 0 Å². The molecule has 128 valence electrons. The molecule has 1 N–H and O–H groups in total. The second kappa shape index (κ2) is 6.26. The van der Waals surface area contributed by atoms with Crippen LogP contribution in [0.5, 0.6) is 0 Å². The fourth-order valence-electron chi connectivity index (χ4n) is 3.44. The zero-order chi connectivity index (χ0) is 17.4. The summed E-state index contributed by atoms with van der Waals surface area (Å²) in [7, 11) is 0. The summed E-state index contributed by atoms with van der Waals surface area (Å²) in [6, 6.07) is 5.85. The number of rotatable bonds is 3. The third kappa shape index (κ3) is 2.88. The van der Waals surface area contributed by atoms with Crippen molar-refractivity contribution in [2.24, 2.45) is 11.8 Å². The number of carbonyl (C=O) groups excluding carboxylic acids is 2. The van der Waals surface area contributed by atoms with E-state index in [1.165, 1.54) is 4.90 Å². The van der Waals surface area contributed by atoms with Gasteiger partial charge in [0, 0.05) is 25.3 Å². The fraction of sp³-hybridized carbons (Fsp3) is 0.500. The molecule has 2 saturated heterocycles. The number of nitrogens with zero attached hydrogens (tertiary/aromatic N) is 2.